The maximum atomic E-state index is 13.5. The van der Waals surface area contributed by atoms with Gasteiger partial charge in [-0.1, -0.05) is 29.8 Å². The van der Waals surface area contributed by atoms with Gasteiger partial charge in [-0.25, -0.2) is 4.79 Å². The minimum atomic E-state index is -0.294. The average molecular weight is 498 g/mol. The summed E-state index contributed by atoms with van der Waals surface area (Å²) in [6, 6.07) is 7.98. The highest BCUT2D eigenvalue weighted by molar-refractivity contribution is 6.30. The molecule has 1 aromatic rings. The first-order valence-corrected chi connectivity index (χ1v) is 13.8. The summed E-state index contributed by atoms with van der Waals surface area (Å²) in [5.74, 6) is 1.36. The molecule has 6 aliphatic rings. The Kier molecular flexibility index (Phi) is 6.08. The largest absolute Gasteiger partial charge is 0.393 e. The normalized spacial score (nSPS) is 36.2. The van der Waals surface area contributed by atoms with Crippen LogP contribution in [-0.4, -0.2) is 65.2 Å². The van der Waals surface area contributed by atoms with Crippen molar-refractivity contribution in [3.05, 3.63) is 40.9 Å². The molecule has 6 nitrogen and oxygen atoms in total. The zero-order valence-corrected chi connectivity index (χ0v) is 21.1. The van der Waals surface area contributed by atoms with Gasteiger partial charge in [-0.2, -0.15) is 0 Å². The van der Waals surface area contributed by atoms with Gasteiger partial charge in [0.15, 0.2) is 0 Å². The van der Waals surface area contributed by atoms with Crippen LogP contribution in [0.4, 0.5) is 4.79 Å². The Bertz CT molecular complexity index is 1010. The maximum Gasteiger partial charge on any atom is 0.320 e. The van der Waals surface area contributed by atoms with Crippen LogP contribution < -0.4 is 5.32 Å². The van der Waals surface area contributed by atoms with Crippen molar-refractivity contribution in [3.8, 4) is 0 Å². The molecule has 35 heavy (non-hydrogen) atoms. The summed E-state index contributed by atoms with van der Waals surface area (Å²) in [6.07, 6.45) is 9.41. The number of carbonyl (C=O) groups is 2. The van der Waals surface area contributed by atoms with Gasteiger partial charge >= 0.3 is 6.03 Å². The molecule has 2 N–H and O–H groups in total. The summed E-state index contributed by atoms with van der Waals surface area (Å²) >= 11 is 6.01. The van der Waals surface area contributed by atoms with Crippen molar-refractivity contribution in [1.29, 1.82) is 0 Å². The van der Waals surface area contributed by atoms with E-state index < -0.39 is 0 Å². The van der Waals surface area contributed by atoms with Gasteiger partial charge in [0.2, 0.25) is 5.91 Å². The van der Waals surface area contributed by atoms with E-state index in [1.165, 1.54) is 11.1 Å². The lowest BCUT2D eigenvalue weighted by Crippen LogP contribution is -2.61. The van der Waals surface area contributed by atoms with Crippen LogP contribution in [0.15, 0.2) is 30.3 Å². The number of aliphatic hydroxyl groups excluding tert-OH is 1. The van der Waals surface area contributed by atoms with Gasteiger partial charge in [-0.3, -0.25) is 4.79 Å². The number of piperidine rings is 1. The number of halogens is 1. The van der Waals surface area contributed by atoms with E-state index in [0.717, 1.165) is 62.9 Å². The molecule has 7 rings (SSSR count). The second-order valence-electron chi connectivity index (χ2n) is 11.7. The highest BCUT2D eigenvalue weighted by atomic mass is 35.5. The molecule has 2 heterocycles. The number of carbonyl (C=O) groups excluding carboxylic acids is 2. The number of rotatable bonds is 3. The van der Waals surface area contributed by atoms with Gasteiger partial charge in [-0.05, 0) is 92.4 Å². The summed E-state index contributed by atoms with van der Waals surface area (Å²) < 4.78 is 0. The first-order chi connectivity index (χ1) is 16.9. The Morgan fingerprint density at radius 2 is 1.77 bits per heavy atom. The van der Waals surface area contributed by atoms with Crippen molar-refractivity contribution in [1.82, 2.24) is 15.1 Å². The summed E-state index contributed by atoms with van der Waals surface area (Å²) in [7, 11) is 0. The van der Waals surface area contributed by atoms with E-state index in [4.69, 9.17) is 11.6 Å². The van der Waals surface area contributed by atoms with Crippen molar-refractivity contribution < 1.29 is 14.7 Å². The molecule has 3 amide bonds. The van der Waals surface area contributed by atoms with Crippen LogP contribution in [0.3, 0.4) is 0 Å². The number of likely N-dealkylation sites (tertiary alicyclic amines) is 1. The molecule has 0 radical (unpaired) electrons. The van der Waals surface area contributed by atoms with E-state index >= 15 is 0 Å². The molecule has 3 unspecified atom stereocenters. The van der Waals surface area contributed by atoms with E-state index in [9.17, 15) is 14.7 Å². The smallest absolute Gasteiger partial charge is 0.320 e. The molecule has 1 aromatic carbocycles. The topological polar surface area (TPSA) is 72.9 Å². The highest BCUT2D eigenvalue weighted by Crippen LogP contribution is 2.60. The van der Waals surface area contributed by atoms with E-state index in [-0.39, 0.29) is 29.5 Å². The summed E-state index contributed by atoms with van der Waals surface area (Å²) in [5.41, 5.74) is 2.13. The van der Waals surface area contributed by atoms with Crippen molar-refractivity contribution >= 4 is 29.1 Å². The highest BCUT2D eigenvalue weighted by Gasteiger charge is 2.58. The number of hydrogen-bond acceptors (Lipinski definition) is 3. The molecular weight excluding hydrogens is 462 g/mol. The Morgan fingerprint density at radius 3 is 2.46 bits per heavy atom. The Balaban J connectivity index is 1.06. The molecule has 4 aliphatic carbocycles. The van der Waals surface area contributed by atoms with Gasteiger partial charge in [0.05, 0.1) is 11.5 Å². The lowest BCUT2D eigenvalue weighted by molar-refractivity contribution is -0.163. The number of aliphatic hydroxyl groups is 1. The number of nitrogens with zero attached hydrogens (tertiary/aromatic N) is 2. The Hall–Kier alpha value is -2.05. The zero-order valence-electron chi connectivity index (χ0n) is 20.3. The van der Waals surface area contributed by atoms with Crippen molar-refractivity contribution in [2.75, 3.05) is 26.2 Å². The van der Waals surface area contributed by atoms with Crippen molar-refractivity contribution in [3.63, 3.8) is 0 Å². The average Bonchev–Trinajstić information content (AvgIpc) is 2.87. The van der Waals surface area contributed by atoms with Crippen LogP contribution in [0, 0.1) is 23.2 Å². The molecule has 4 saturated carbocycles. The standard InChI is InChI=1S/C28H36ClN3O3/c29-23-5-3-19(4-6-23)20-7-10-31(11-8-20)27(35)32-9-1-2-24(17-32)30-26(34)28-14-18-12-21(15-28)25(33)22(13-18)16-28/h3-7,18,21-22,24-25,33H,1-2,8-17H2,(H,30,34)/t18?,21-,22?,24+,25?,28-/m1/s1. The SMILES string of the molecule is O=C(N1CC=C(c2ccc(Cl)cc2)CC1)N1CCC[C@H](NC(=O)[C@@]23CC4CC(C2)C(O)[C@H](C4)C3)C1. The summed E-state index contributed by atoms with van der Waals surface area (Å²) in [4.78, 5) is 30.7. The van der Waals surface area contributed by atoms with Crippen molar-refractivity contribution in [2.24, 2.45) is 23.2 Å². The Labute approximate surface area is 212 Å². The van der Waals surface area contributed by atoms with Gasteiger partial charge in [0.1, 0.15) is 0 Å². The van der Waals surface area contributed by atoms with Crippen LogP contribution in [0.5, 0.6) is 0 Å². The maximum absolute atomic E-state index is 13.5. The monoisotopic (exact) mass is 497 g/mol. The van der Waals surface area contributed by atoms with Crippen LogP contribution >= 0.6 is 11.6 Å². The van der Waals surface area contributed by atoms with Gasteiger partial charge < -0.3 is 20.2 Å². The van der Waals surface area contributed by atoms with Crippen LogP contribution in [0.1, 0.15) is 56.9 Å². The van der Waals surface area contributed by atoms with Gasteiger partial charge in [0, 0.05) is 37.2 Å². The first-order valence-electron chi connectivity index (χ1n) is 13.4. The number of nitrogens with one attached hydrogen (secondary N) is 1. The van der Waals surface area contributed by atoms with E-state index in [0.29, 0.717) is 37.4 Å². The Morgan fingerprint density at radius 1 is 1.03 bits per heavy atom. The lowest BCUT2D eigenvalue weighted by atomic mass is 9.48. The third-order valence-electron chi connectivity index (χ3n) is 9.43. The van der Waals surface area contributed by atoms with Crippen molar-refractivity contribution in [2.45, 2.75) is 63.5 Å². The van der Waals surface area contributed by atoms with Gasteiger partial charge in [-0.15, -0.1) is 0 Å². The number of hydrogen-bond donors (Lipinski definition) is 2. The summed E-state index contributed by atoms with van der Waals surface area (Å²) in [5, 5.41) is 14.7. The fourth-order valence-corrected chi connectivity index (χ4v) is 7.98. The minimum absolute atomic E-state index is 0.0167. The predicted molar refractivity (Wildman–Crippen MR) is 136 cm³/mol. The predicted octanol–water partition coefficient (Wildman–Crippen LogP) is 4.32. The number of amides is 3. The van der Waals surface area contributed by atoms with E-state index in [1.54, 1.807) is 0 Å². The minimum Gasteiger partial charge on any atom is -0.393 e. The fourth-order valence-electron chi connectivity index (χ4n) is 7.85. The molecule has 0 spiro atoms. The second kappa shape index (κ2) is 9.11. The molecule has 6 atom stereocenters. The molecule has 4 bridgehead atoms. The van der Waals surface area contributed by atoms with E-state index in [2.05, 4.69) is 11.4 Å². The van der Waals surface area contributed by atoms with Crippen LogP contribution in [-0.2, 0) is 4.79 Å². The second-order valence-corrected chi connectivity index (χ2v) is 12.2. The fraction of sp³-hybridized carbons (Fsp3) is 0.643. The quantitative estimate of drug-likeness (QED) is 0.653. The van der Waals surface area contributed by atoms with Crippen LogP contribution in [0.2, 0.25) is 5.02 Å². The molecule has 5 fully saturated rings. The molecule has 188 valence electrons. The molecule has 2 aliphatic heterocycles. The van der Waals surface area contributed by atoms with E-state index in [1.807, 2.05) is 34.1 Å². The van der Waals surface area contributed by atoms with Crippen LogP contribution in [0.25, 0.3) is 5.57 Å². The zero-order chi connectivity index (χ0) is 24.2. The molecule has 7 heteroatoms. The molecular formula is C28H36ClN3O3. The summed E-state index contributed by atoms with van der Waals surface area (Å²) in [6.45, 7) is 2.65. The van der Waals surface area contributed by atoms with Gasteiger partial charge in [0.25, 0.3) is 0 Å². The number of benzene rings is 1. The lowest BCUT2D eigenvalue weighted by Gasteiger charge is -2.58. The third kappa shape index (κ3) is 4.37. The first kappa shape index (κ1) is 23.4. The molecule has 0 aromatic heterocycles. The molecule has 1 saturated heterocycles. The third-order valence-corrected chi connectivity index (χ3v) is 9.68. The number of urea groups is 1.